The van der Waals surface area contributed by atoms with Gasteiger partial charge in [-0.3, -0.25) is 52.9 Å². The predicted octanol–water partition coefficient (Wildman–Crippen LogP) is -5.65. The van der Waals surface area contributed by atoms with Crippen molar-refractivity contribution < 1.29 is 63.0 Å². The van der Waals surface area contributed by atoms with Crippen LogP contribution < -0.4 is 65.9 Å². The van der Waals surface area contributed by atoms with Crippen molar-refractivity contribution in [2.45, 2.75) is 141 Å². The molecular weight excluding hydrogens is 822 g/mol. The van der Waals surface area contributed by atoms with Crippen LogP contribution in [0.2, 0.25) is 0 Å². The van der Waals surface area contributed by atoms with Crippen molar-refractivity contribution in [3.63, 3.8) is 0 Å². The molecule has 0 aromatic heterocycles. The fourth-order valence-corrected chi connectivity index (χ4v) is 5.29. The second-order valence-electron chi connectivity index (χ2n) is 14.9. The maximum atomic E-state index is 13.4. The lowest BCUT2D eigenvalue weighted by molar-refractivity contribution is -0.142. The summed E-state index contributed by atoms with van der Waals surface area (Å²) in [5, 5.41) is 35.0. The van der Waals surface area contributed by atoms with Crippen LogP contribution in [0.15, 0.2) is 4.99 Å². The summed E-state index contributed by atoms with van der Waals surface area (Å²) in [5.74, 6) is -10.9. The third-order valence-electron chi connectivity index (χ3n) is 8.79. The Bertz CT molecular complexity index is 1660. The number of carboxylic acids is 2. The Labute approximate surface area is 357 Å². The largest absolute Gasteiger partial charge is 0.481 e. The highest BCUT2D eigenvalue weighted by Gasteiger charge is 2.32. The number of guanidine groups is 1. The van der Waals surface area contributed by atoms with Crippen LogP contribution in [-0.2, 0) is 52.7 Å². The van der Waals surface area contributed by atoms with E-state index in [9.17, 15) is 57.8 Å². The van der Waals surface area contributed by atoms with Crippen molar-refractivity contribution >= 4 is 71.1 Å². The van der Waals surface area contributed by atoms with Gasteiger partial charge in [0, 0.05) is 25.8 Å². The first-order valence-electron chi connectivity index (χ1n) is 19.7. The van der Waals surface area contributed by atoms with Crippen molar-refractivity contribution in [1.29, 1.82) is 0 Å². The number of aliphatic carboxylic acids is 2. The van der Waals surface area contributed by atoms with Gasteiger partial charge in [0.05, 0.1) is 6.04 Å². The normalized spacial score (nSPS) is 14.7. The number of aliphatic imine (C=N–C) groups is 1. The molecule has 0 spiro atoms. The van der Waals surface area contributed by atoms with Gasteiger partial charge in [0.25, 0.3) is 0 Å². The molecule has 62 heavy (non-hydrogen) atoms. The molecule has 19 N–H and O–H groups in total. The number of nitrogens with zero attached hydrogens (tertiary/aromatic N) is 1. The van der Waals surface area contributed by atoms with E-state index in [2.05, 4.69) is 42.2 Å². The van der Waals surface area contributed by atoms with Gasteiger partial charge < -0.3 is 76.1 Å². The number of carboxylic acid groups (broad SMARTS) is 2. The molecule has 0 bridgehead atoms. The number of carbonyl (C=O) groups is 11. The first-order chi connectivity index (χ1) is 28.7. The highest BCUT2D eigenvalue weighted by atomic mass is 16.4. The number of nitrogens with one attached hydrogen (secondary N) is 7. The molecule has 0 heterocycles. The number of rotatable bonds is 30. The Morgan fingerprint density at radius 1 is 0.484 bits per heavy atom. The number of primary amides is 2. The van der Waals surface area contributed by atoms with Crippen LogP contribution >= 0.6 is 0 Å². The Kier molecular flexibility index (Phi) is 25.0. The molecule has 26 heteroatoms. The molecule has 0 aliphatic heterocycles. The van der Waals surface area contributed by atoms with Gasteiger partial charge in [-0.05, 0) is 65.2 Å². The van der Waals surface area contributed by atoms with E-state index in [4.69, 9.17) is 33.8 Å². The van der Waals surface area contributed by atoms with Gasteiger partial charge >= 0.3 is 11.9 Å². The molecule has 0 aliphatic carbocycles. The molecular formula is C36H63N13O13. The van der Waals surface area contributed by atoms with Gasteiger partial charge in [-0.25, -0.2) is 4.79 Å². The van der Waals surface area contributed by atoms with Crippen LogP contribution in [0.3, 0.4) is 0 Å². The highest BCUT2D eigenvalue weighted by Crippen LogP contribution is 2.09. The average Bonchev–Trinajstić information content (AvgIpc) is 3.16. The zero-order valence-electron chi connectivity index (χ0n) is 35.5. The van der Waals surface area contributed by atoms with Crippen LogP contribution in [0.25, 0.3) is 0 Å². The monoisotopic (exact) mass is 885 g/mol. The van der Waals surface area contributed by atoms with Crippen LogP contribution in [0.1, 0.15) is 92.4 Å². The fraction of sp³-hybridized carbons (Fsp3) is 0.667. The van der Waals surface area contributed by atoms with Crippen molar-refractivity contribution in [3.8, 4) is 0 Å². The summed E-state index contributed by atoms with van der Waals surface area (Å²) in [6, 6.07) is -10.9. The van der Waals surface area contributed by atoms with Crippen molar-refractivity contribution in [2.75, 3.05) is 6.54 Å². The molecule has 0 unspecified atom stereocenters. The van der Waals surface area contributed by atoms with E-state index in [1.807, 2.05) is 0 Å². The minimum Gasteiger partial charge on any atom is -0.481 e. The summed E-state index contributed by atoms with van der Waals surface area (Å²) in [6.07, 6.45) is -1.83. The van der Waals surface area contributed by atoms with Gasteiger partial charge in [0.2, 0.25) is 53.2 Å². The summed E-state index contributed by atoms with van der Waals surface area (Å²) >= 11 is 0. The van der Waals surface area contributed by atoms with Crippen LogP contribution in [0, 0.1) is 5.92 Å². The van der Waals surface area contributed by atoms with Crippen LogP contribution in [-0.4, -0.2) is 136 Å². The summed E-state index contributed by atoms with van der Waals surface area (Å²) in [5.41, 5.74) is 26.8. The Balaban J connectivity index is 5.76. The molecule has 350 valence electrons. The maximum absolute atomic E-state index is 13.4. The molecule has 0 rings (SSSR count). The van der Waals surface area contributed by atoms with Crippen molar-refractivity contribution in [3.05, 3.63) is 0 Å². The topological polar surface area (TPSA) is 455 Å². The van der Waals surface area contributed by atoms with Crippen LogP contribution in [0.5, 0.6) is 0 Å². The summed E-state index contributed by atoms with van der Waals surface area (Å²) in [4.78, 5) is 141. The Morgan fingerprint density at radius 2 is 0.871 bits per heavy atom. The molecule has 0 saturated heterocycles. The van der Waals surface area contributed by atoms with Crippen molar-refractivity contribution in [1.82, 2.24) is 37.2 Å². The molecule has 0 saturated carbocycles. The van der Waals surface area contributed by atoms with E-state index in [1.165, 1.54) is 20.8 Å². The average molecular weight is 886 g/mol. The number of hydrogen-bond acceptors (Lipinski definition) is 13. The highest BCUT2D eigenvalue weighted by molar-refractivity contribution is 5.97. The fourth-order valence-electron chi connectivity index (χ4n) is 5.29. The first-order valence-corrected chi connectivity index (χ1v) is 19.7. The molecule has 0 aromatic rings. The molecule has 0 aromatic carbocycles. The first kappa shape index (κ1) is 55.4. The lowest BCUT2D eigenvalue weighted by Crippen LogP contribution is -2.59. The molecule has 26 nitrogen and oxygen atoms in total. The smallest absolute Gasteiger partial charge is 0.326 e. The van der Waals surface area contributed by atoms with Gasteiger partial charge in [-0.1, -0.05) is 13.8 Å². The van der Waals surface area contributed by atoms with Gasteiger partial charge in [0.15, 0.2) is 5.96 Å². The van der Waals surface area contributed by atoms with E-state index in [1.54, 1.807) is 13.8 Å². The molecule has 8 atom stereocenters. The quantitative estimate of drug-likeness (QED) is 0.0182. The zero-order valence-corrected chi connectivity index (χ0v) is 35.5. The minimum atomic E-state index is -1.48. The zero-order chi connectivity index (χ0) is 47.9. The second-order valence-corrected chi connectivity index (χ2v) is 14.9. The van der Waals surface area contributed by atoms with E-state index < -0.39 is 126 Å². The summed E-state index contributed by atoms with van der Waals surface area (Å²) < 4.78 is 0. The summed E-state index contributed by atoms with van der Waals surface area (Å²) in [6.45, 7) is 7.30. The van der Waals surface area contributed by atoms with E-state index in [0.717, 1.165) is 0 Å². The molecule has 0 fully saturated rings. The van der Waals surface area contributed by atoms with Gasteiger partial charge in [-0.15, -0.1) is 0 Å². The SMILES string of the molecule is CC(C)C[C@H](NC(=O)[C@@H](N)CCC(=O)O)C(=O)N[C@@H](CCC(N)=O)C(=O)N[C@@H](C)C(=O)N[C@@H](C)C(=O)N[C@@H](CCC(N)=O)C(=O)N[C@@H](C)C(=O)N[C@@H](CCCN=C(N)N)C(=O)O. The number of amides is 9. The standard InChI is InChI=1S/C36H63N13O13/c1-16(2)15-24(49-31(57)20(37)8-13-27(52)53)34(60)47-22(10-12-26(39)51)33(59)44-17(3)28(54)43-18(4)29(55)46-21(9-11-25(38)50)32(58)45-19(5)30(56)48-23(35(61)62)7-6-14-42-36(40)41/h16-24H,6-15,37H2,1-5H3,(H2,38,50)(H2,39,51)(H,43,54)(H,44,59)(H,45,58)(H,46,55)(H,47,60)(H,48,56)(H,49,57)(H,52,53)(H,61,62)(H4,40,41,42)/t17-,18-,19-,20-,21-,22-,23-,24-/m0/s1. The van der Waals surface area contributed by atoms with Crippen LogP contribution in [0.4, 0.5) is 0 Å². The summed E-state index contributed by atoms with van der Waals surface area (Å²) in [7, 11) is 0. The minimum absolute atomic E-state index is 0.0518. The maximum Gasteiger partial charge on any atom is 0.326 e. The van der Waals surface area contributed by atoms with E-state index >= 15 is 0 Å². The number of nitrogens with two attached hydrogens (primary N) is 5. The second kappa shape index (κ2) is 28.0. The number of hydrogen-bond donors (Lipinski definition) is 14. The third kappa shape index (κ3) is 23.3. The van der Waals surface area contributed by atoms with E-state index in [0.29, 0.717) is 0 Å². The lowest BCUT2D eigenvalue weighted by atomic mass is 10.0. The molecule has 0 radical (unpaired) electrons. The van der Waals surface area contributed by atoms with Gasteiger partial charge in [0.1, 0.15) is 42.3 Å². The Hall–Kier alpha value is -6.60. The van der Waals surface area contributed by atoms with E-state index in [-0.39, 0.29) is 63.4 Å². The predicted molar refractivity (Wildman–Crippen MR) is 219 cm³/mol. The van der Waals surface area contributed by atoms with Gasteiger partial charge in [-0.2, -0.15) is 0 Å². The molecule has 0 aliphatic rings. The number of carbonyl (C=O) groups excluding carboxylic acids is 9. The van der Waals surface area contributed by atoms with Crippen molar-refractivity contribution in [2.24, 2.45) is 39.6 Å². The lowest BCUT2D eigenvalue weighted by Gasteiger charge is -2.26. The molecule has 9 amide bonds. The Morgan fingerprint density at radius 3 is 1.27 bits per heavy atom. The third-order valence-corrected chi connectivity index (χ3v) is 8.79.